The molecule has 120 valence electrons. The van der Waals surface area contributed by atoms with Gasteiger partial charge in [0.25, 0.3) is 0 Å². The number of carbonyl (C=O) groups excluding carboxylic acids is 1. The van der Waals surface area contributed by atoms with Crippen LogP contribution in [0.25, 0.3) is 6.08 Å². The Bertz CT molecular complexity index is 539. The van der Waals surface area contributed by atoms with Gasteiger partial charge >= 0.3 is 0 Å². The predicted octanol–water partition coefficient (Wildman–Crippen LogP) is 3.41. The van der Waals surface area contributed by atoms with Crippen LogP contribution >= 0.6 is 0 Å². The molecule has 1 amide bonds. The van der Waals surface area contributed by atoms with Crippen LogP contribution in [0.3, 0.4) is 0 Å². The lowest BCUT2D eigenvalue weighted by Crippen LogP contribution is -2.40. The highest BCUT2D eigenvalue weighted by atomic mass is 16.5. The first-order valence-corrected chi connectivity index (χ1v) is 7.85. The normalized spacial score (nSPS) is 21.6. The van der Waals surface area contributed by atoms with Crippen molar-refractivity contribution in [3.63, 3.8) is 0 Å². The lowest BCUT2D eigenvalue weighted by molar-refractivity contribution is -0.117. The van der Waals surface area contributed by atoms with E-state index < -0.39 is 0 Å². The average Bonchev–Trinajstić information content (AvgIpc) is 2.54. The number of benzene rings is 1. The van der Waals surface area contributed by atoms with Crippen molar-refractivity contribution >= 4 is 12.0 Å². The molecule has 0 aliphatic heterocycles. The minimum Gasteiger partial charge on any atom is -0.493 e. The monoisotopic (exact) mass is 303 g/mol. The van der Waals surface area contributed by atoms with E-state index in [0.717, 1.165) is 12.0 Å². The summed E-state index contributed by atoms with van der Waals surface area (Å²) in [7, 11) is 3.20. The molecule has 0 heterocycles. The van der Waals surface area contributed by atoms with E-state index in [2.05, 4.69) is 12.2 Å². The van der Waals surface area contributed by atoms with Gasteiger partial charge in [0.2, 0.25) is 5.91 Å². The molecule has 2 atom stereocenters. The highest BCUT2D eigenvalue weighted by Gasteiger charge is 2.21. The molecule has 4 heteroatoms. The van der Waals surface area contributed by atoms with Crippen LogP contribution in [0.2, 0.25) is 0 Å². The molecule has 0 spiro atoms. The van der Waals surface area contributed by atoms with Crippen LogP contribution in [0.5, 0.6) is 11.5 Å². The molecule has 1 aromatic rings. The van der Waals surface area contributed by atoms with Crippen molar-refractivity contribution in [1.29, 1.82) is 0 Å². The Labute approximate surface area is 132 Å². The van der Waals surface area contributed by atoms with Crippen molar-refractivity contribution < 1.29 is 14.3 Å². The number of para-hydroxylation sites is 1. The Morgan fingerprint density at radius 3 is 2.68 bits per heavy atom. The van der Waals surface area contributed by atoms with Gasteiger partial charge in [-0.2, -0.15) is 0 Å². The molecule has 2 rings (SSSR count). The first kappa shape index (κ1) is 16.4. The summed E-state index contributed by atoms with van der Waals surface area (Å²) in [5, 5.41) is 3.11. The van der Waals surface area contributed by atoms with Gasteiger partial charge in [-0.05, 0) is 30.9 Å². The summed E-state index contributed by atoms with van der Waals surface area (Å²) < 4.78 is 10.6. The SMILES string of the molecule is COc1cccc(/C=C/C(=O)N[C@H]2CCCC[C@H]2C)c1OC. The summed E-state index contributed by atoms with van der Waals surface area (Å²) in [4.78, 5) is 12.1. The van der Waals surface area contributed by atoms with Gasteiger partial charge in [0.05, 0.1) is 14.2 Å². The smallest absolute Gasteiger partial charge is 0.244 e. The molecular weight excluding hydrogens is 278 g/mol. The summed E-state index contributed by atoms with van der Waals surface area (Å²) in [6.45, 7) is 2.21. The van der Waals surface area contributed by atoms with Crippen LogP contribution < -0.4 is 14.8 Å². The fourth-order valence-corrected chi connectivity index (χ4v) is 2.97. The first-order chi connectivity index (χ1) is 10.7. The van der Waals surface area contributed by atoms with E-state index in [4.69, 9.17) is 9.47 Å². The van der Waals surface area contributed by atoms with E-state index in [1.165, 1.54) is 19.3 Å². The standard InChI is InChI=1S/C18H25NO3/c1-13-7-4-5-9-15(13)19-17(20)12-11-14-8-6-10-16(21-2)18(14)22-3/h6,8,10-13,15H,4-5,7,9H2,1-3H3,(H,19,20)/b12-11+/t13-,15+/m1/s1. The Kier molecular flexibility index (Phi) is 5.87. The highest BCUT2D eigenvalue weighted by molar-refractivity contribution is 5.92. The first-order valence-electron chi connectivity index (χ1n) is 7.85. The quantitative estimate of drug-likeness (QED) is 0.848. The fourth-order valence-electron chi connectivity index (χ4n) is 2.97. The van der Waals surface area contributed by atoms with Gasteiger partial charge in [0, 0.05) is 17.7 Å². The van der Waals surface area contributed by atoms with E-state index in [1.807, 2.05) is 18.2 Å². The molecule has 1 N–H and O–H groups in total. The lowest BCUT2D eigenvalue weighted by atomic mass is 9.86. The number of carbonyl (C=O) groups is 1. The molecule has 1 aromatic carbocycles. The van der Waals surface area contributed by atoms with Crippen molar-refractivity contribution in [3.05, 3.63) is 29.8 Å². The third-order valence-electron chi connectivity index (χ3n) is 4.29. The zero-order valence-corrected chi connectivity index (χ0v) is 13.6. The van der Waals surface area contributed by atoms with Gasteiger partial charge in [0.1, 0.15) is 0 Å². The molecular formula is C18H25NO3. The second kappa shape index (κ2) is 7.87. The molecule has 0 bridgehead atoms. The van der Waals surface area contributed by atoms with Crippen LogP contribution in [-0.4, -0.2) is 26.2 Å². The summed E-state index contributed by atoms with van der Waals surface area (Å²) in [5.41, 5.74) is 0.827. The summed E-state index contributed by atoms with van der Waals surface area (Å²) in [5.74, 6) is 1.80. The van der Waals surface area contributed by atoms with Crippen molar-refractivity contribution in [3.8, 4) is 11.5 Å². The van der Waals surface area contributed by atoms with Gasteiger partial charge in [-0.25, -0.2) is 0 Å². The number of ether oxygens (including phenoxy) is 2. The lowest BCUT2D eigenvalue weighted by Gasteiger charge is -2.29. The van der Waals surface area contributed by atoms with E-state index in [-0.39, 0.29) is 11.9 Å². The fraction of sp³-hybridized carbons (Fsp3) is 0.500. The van der Waals surface area contributed by atoms with E-state index in [9.17, 15) is 4.79 Å². The van der Waals surface area contributed by atoms with Crippen molar-refractivity contribution in [1.82, 2.24) is 5.32 Å². The molecule has 4 nitrogen and oxygen atoms in total. The number of methoxy groups -OCH3 is 2. The Morgan fingerprint density at radius 1 is 1.23 bits per heavy atom. The zero-order chi connectivity index (χ0) is 15.9. The van der Waals surface area contributed by atoms with Crippen molar-refractivity contribution in [2.45, 2.75) is 38.6 Å². The third-order valence-corrected chi connectivity index (χ3v) is 4.29. The molecule has 22 heavy (non-hydrogen) atoms. The van der Waals surface area contributed by atoms with Crippen molar-refractivity contribution in [2.75, 3.05) is 14.2 Å². The van der Waals surface area contributed by atoms with Crippen LogP contribution in [0.15, 0.2) is 24.3 Å². The maximum absolute atomic E-state index is 12.1. The van der Waals surface area contributed by atoms with Crippen molar-refractivity contribution in [2.24, 2.45) is 5.92 Å². The number of amides is 1. The largest absolute Gasteiger partial charge is 0.493 e. The zero-order valence-electron chi connectivity index (χ0n) is 13.6. The van der Waals surface area contributed by atoms with Gasteiger partial charge in [0.15, 0.2) is 11.5 Å². The molecule has 1 fully saturated rings. The summed E-state index contributed by atoms with van der Waals surface area (Å²) >= 11 is 0. The predicted molar refractivity (Wildman–Crippen MR) is 88.1 cm³/mol. The van der Waals surface area contributed by atoms with Crippen LogP contribution in [0.4, 0.5) is 0 Å². The number of rotatable bonds is 5. The van der Waals surface area contributed by atoms with E-state index in [1.54, 1.807) is 26.4 Å². The Hall–Kier alpha value is -1.97. The van der Waals surface area contributed by atoms with Gasteiger partial charge in [-0.1, -0.05) is 31.9 Å². The van der Waals surface area contributed by atoms with Gasteiger partial charge in [-0.15, -0.1) is 0 Å². The summed E-state index contributed by atoms with van der Waals surface area (Å²) in [6.07, 6.45) is 8.07. The second-order valence-corrected chi connectivity index (χ2v) is 5.79. The van der Waals surface area contributed by atoms with Gasteiger partial charge in [-0.3, -0.25) is 4.79 Å². The molecule has 0 radical (unpaired) electrons. The summed E-state index contributed by atoms with van der Waals surface area (Å²) in [6, 6.07) is 5.90. The molecule has 0 aromatic heterocycles. The molecule has 0 unspecified atom stereocenters. The maximum Gasteiger partial charge on any atom is 0.244 e. The van der Waals surface area contributed by atoms with Crippen LogP contribution in [0.1, 0.15) is 38.2 Å². The molecule has 1 saturated carbocycles. The van der Waals surface area contributed by atoms with Crippen LogP contribution in [0, 0.1) is 5.92 Å². The third kappa shape index (κ3) is 4.03. The van der Waals surface area contributed by atoms with Crippen LogP contribution in [-0.2, 0) is 4.79 Å². The number of nitrogens with one attached hydrogen (secondary N) is 1. The molecule has 1 aliphatic carbocycles. The average molecular weight is 303 g/mol. The Morgan fingerprint density at radius 2 is 2.00 bits per heavy atom. The van der Waals surface area contributed by atoms with E-state index in [0.29, 0.717) is 17.4 Å². The Balaban J connectivity index is 2.03. The second-order valence-electron chi connectivity index (χ2n) is 5.79. The molecule has 0 saturated heterocycles. The maximum atomic E-state index is 12.1. The topological polar surface area (TPSA) is 47.6 Å². The highest BCUT2D eigenvalue weighted by Crippen LogP contribution is 2.31. The van der Waals surface area contributed by atoms with Gasteiger partial charge < -0.3 is 14.8 Å². The van der Waals surface area contributed by atoms with E-state index >= 15 is 0 Å². The minimum atomic E-state index is -0.0522. The number of hydrogen-bond acceptors (Lipinski definition) is 3. The number of hydrogen-bond donors (Lipinski definition) is 1. The molecule has 1 aliphatic rings. The minimum absolute atomic E-state index is 0.0522.